The average Bonchev–Trinajstić information content (AvgIpc) is 3.21. The van der Waals surface area contributed by atoms with Gasteiger partial charge in [-0.25, -0.2) is 19.9 Å². The Bertz CT molecular complexity index is 1050. The lowest BCUT2D eigenvalue weighted by atomic mass is 9.96. The molecule has 0 amide bonds. The van der Waals surface area contributed by atoms with E-state index in [4.69, 9.17) is 15.7 Å². The highest BCUT2D eigenvalue weighted by molar-refractivity contribution is 7.19. The van der Waals surface area contributed by atoms with Crippen molar-refractivity contribution in [2.75, 3.05) is 28.6 Å². The molecule has 3 aromatic rings. The fourth-order valence-corrected chi connectivity index (χ4v) is 5.60. The summed E-state index contributed by atoms with van der Waals surface area (Å²) in [6.07, 6.45) is 12.1. The molecule has 0 spiro atoms. The SMILES string of the molecule is Cc1nc(NC2CCCCC2)sc1-c1ccnc(Nc2ccc(N3CCC(N)CC3)cn2)n1. The van der Waals surface area contributed by atoms with E-state index < -0.39 is 0 Å². The number of anilines is 4. The van der Waals surface area contributed by atoms with Crippen molar-refractivity contribution < 1.29 is 0 Å². The predicted octanol–water partition coefficient (Wildman–Crippen LogP) is 4.72. The standard InChI is InChI=1S/C24H32N8S/c1-16-22(33-24(28-16)29-18-5-3-2-4-6-18)20-9-12-26-23(30-20)31-21-8-7-19(15-27-21)32-13-10-17(25)11-14-32/h7-9,12,15,17-18H,2-6,10-11,13-14,25H2,1H3,(H,28,29)(H,26,27,30,31). The van der Waals surface area contributed by atoms with Gasteiger partial charge in [0, 0.05) is 31.4 Å². The zero-order valence-electron chi connectivity index (χ0n) is 19.1. The zero-order chi connectivity index (χ0) is 22.6. The van der Waals surface area contributed by atoms with E-state index in [1.54, 1.807) is 17.5 Å². The lowest BCUT2D eigenvalue weighted by Gasteiger charge is -2.31. The van der Waals surface area contributed by atoms with Gasteiger partial charge in [0.2, 0.25) is 5.95 Å². The summed E-state index contributed by atoms with van der Waals surface area (Å²) >= 11 is 1.67. The molecule has 9 heteroatoms. The molecule has 0 radical (unpaired) electrons. The van der Waals surface area contributed by atoms with Crippen LogP contribution < -0.4 is 21.3 Å². The Labute approximate surface area is 199 Å². The van der Waals surface area contributed by atoms with Crippen molar-refractivity contribution in [3.05, 3.63) is 36.3 Å². The van der Waals surface area contributed by atoms with Gasteiger partial charge in [-0.2, -0.15) is 0 Å². The maximum absolute atomic E-state index is 6.02. The maximum Gasteiger partial charge on any atom is 0.228 e. The first kappa shape index (κ1) is 22.0. The Morgan fingerprint density at radius 2 is 1.82 bits per heavy atom. The van der Waals surface area contributed by atoms with E-state index in [0.29, 0.717) is 18.0 Å². The van der Waals surface area contributed by atoms with Gasteiger partial charge >= 0.3 is 0 Å². The third kappa shape index (κ3) is 5.42. The van der Waals surface area contributed by atoms with Crippen molar-refractivity contribution in [1.82, 2.24) is 19.9 Å². The zero-order valence-corrected chi connectivity index (χ0v) is 19.9. The van der Waals surface area contributed by atoms with Crippen LogP contribution in [0.4, 0.5) is 22.6 Å². The number of nitrogens with one attached hydrogen (secondary N) is 2. The second-order valence-electron chi connectivity index (χ2n) is 9.03. The van der Waals surface area contributed by atoms with E-state index in [1.807, 2.05) is 25.3 Å². The molecule has 2 fully saturated rings. The molecule has 0 unspecified atom stereocenters. The molecule has 0 atom stereocenters. The highest BCUT2D eigenvalue weighted by Crippen LogP contribution is 2.33. The van der Waals surface area contributed by atoms with Crippen molar-refractivity contribution in [2.24, 2.45) is 5.73 Å². The van der Waals surface area contributed by atoms with Gasteiger partial charge in [-0.05, 0) is 50.8 Å². The van der Waals surface area contributed by atoms with Crippen LogP contribution in [0.15, 0.2) is 30.6 Å². The van der Waals surface area contributed by atoms with Crippen LogP contribution in [0.1, 0.15) is 50.6 Å². The number of rotatable bonds is 6. The molecule has 33 heavy (non-hydrogen) atoms. The molecule has 1 saturated carbocycles. The second kappa shape index (κ2) is 10.0. The summed E-state index contributed by atoms with van der Waals surface area (Å²) in [6, 6.07) is 6.86. The van der Waals surface area contributed by atoms with E-state index in [0.717, 1.165) is 58.8 Å². The van der Waals surface area contributed by atoms with E-state index in [1.165, 1.54) is 32.1 Å². The van der Waals surface area contributed by atoms with Crippen LogP contribution in [-0.4, -0.2) is 45.1 Å². The van der Waals surface area contributed by atoms with Crippen LogP contribution in [0.5, 0.6) is 0 Å². The number of hydrogen-bond donors (Lipinski definition) is 3. The first-order valence-electron chi connectivity index (χ1n) is 11.9. The molecule has 1 aliphatic carbocycles. The molecule has 2 aliphatic rings. The molecular formula is C24H32N8S. The highest BCUT2D eigenvalue weighted by Gasteiger charge is 2.18. The largest absolute Gasteiger partial charge is 0.370 e. The van der Waals surface area contributed by atoms with Crippen molar-refractivity contribution in [3.63, 3.8) is 0 Å². The Hall–Kier alpha value is -2.78. The van der Waals surface area contributed by atoms with Gasteiger partial charge in [0.15, 0.2) is 5.13 Å². The van der Waals surface area contributed by atoms with Gasteiger partial charge in [0.1, 0.15) is 5.82 Å². The smallest absolute Gasteiger partial charge is 0.228 e. The number of aryl methyl sites for hydroxylation is 1. The van der Waals surface area contributed by atoms with E-state index in [-0.39, 0.29) is 0 Å². The summed E-state index contributed by atoms with van der Waals surface area (Å²) in [7, 11) is 0. The molecular weight excluding hydrogens is 432 g/mol. The summed E-state index contributed by atoms with van der Waals surface area (Å²) in [5.41, 5.74) is 9.01. The molecule has 8 nitrogen and oxygen atoms in total. The third-order valence-corrected chi connectivity index (χ3v) is 7.62. The van der Waals surface area contributed by atoms with Crippen LogP contribution in [0.3, 0.4) is 0 Å². The van der Waals surface area contributed by atoms with Gasteiger partial charge in [0.25, 0.3) is 0 Å². The lowest BCUT2D eigenvalue weighted by molar-refractivity contribution is 0.462. The summed E-state index contributed by atoms with van der Waals surface area (Å²) in [6.45, 7) is 4.00. The Morgan fingerprint density at radius 1 is 1.00 bits per heavy atom. The van der Waals surface area contributed by atoms with E-state index >= 15 is 0 Å². The quantitative estimate of drug-likeness (QED) is 0.481. The number of thiazole rings is 1. The minimum atomic E-state index is 0.320. The van der Waals surface area contributed by atoms with Gasteiger partial charge in [-0.1, -0.05) is 30.6 Å². The fourth-order valence-electron chi connectivity index (χ4n) is 4.58. The van der Waals surface area contributed by atoms with Gasteiger partial charge in [-0.15, -0.1) is 0 Å². The van der Waals surface area contributed by atoms with E-state index in [9.17, 15) is 0 Å². The normalized spacial score (nSPS) is 17.8. The lowest BCUT2D eigenvalue weighted by Crippen LogP contribution is -2.39. The van der Waals surface area contributed by atoms with E-state index in [2.05, 4.69) is 31.6 Å². The van der Waals surface area contributed by atoms with Crippen molar-refractivity contribution >= 4 is 33.9 Å². The number of nitrogens with zero attached hydrogens (tertiary/aromatic N) is 5. The molecule has 3 aromatic heterocycles. The molecule has 174 valence electrons. The number of nitrogens with two attached hydrogens (primary N) is 1. The first-order chi connectivity index (χ1) is 16.1. The Kier molecular flexibility index (Phi) is 6.68. The van der Waals surface area contributed by atoms with Gasteiger partial charge < -0.3 is 21.3 Å². The monoisotopic (exact) mass is 464 g/mol. The summed E-state index contributed by atoms with van der Waals surface area (Å²) < 4.78 is 0. The summed E-state index contributed by atoms with van der Waals surface area (Å²) in [5.74, 6) is 1.26. The summed E-state index contributed by atoms with van der Waals surface area (Å²) in [4.78, 5) is 21.9. The van der Waals surface area contributed by atoms with Gasteiger partial charge in [0.05, 0.1) is 28.1 Å². The van der Waals surface area contributed by atoms with Crippen LogP contribution in [0.25, 0.3) is 10.6 Å². The summed E-state index contributed by atoms with van der Waals surface area (Å²) in [5, 5.41) is 7.85. The van der Waals surface area contributed by atoms with Crippen molar-refractivity contribution in [2.45, 2.75) is 64.0 Å². The topological polar surface area (TPSA) is 105 Å². The maximum atomic E-state index is 6.02. The minimum absolute atomic E-state index is 0.320. The second-order valence-corrected chi connectivity index (χ2v) is 10.0. The Balaban J connectivity index is 1.26. The first-order valence-corrected chi connectivity index (χ1v) is 12.8. The molecule has 1 aliphatic heterocycles. The van der Waals surface area contributed by atoms with Crippen LogP contribution >= 0.6 is 11.3 Å². The number of hydrogen-bond acceptors (Lipinski definition) is 9. The number of pyridine rings is 1. The van der Waals surface area contributed by atoms with Crippen LogP contribution in [0, 0.1) is 6.92 Å². The van der Waals surface area contributed by atoms with Crippen LogP contribution in [0.2, 0.25) is 0 Å². The number of piperidine rings is 1. The molecule has 4 heterocycles. The predicted molar refractivity (Wildman–Crippen MR) is 135 cm³/mol. The van der Waals surface area contributed by atoms with Crippen molar-refractivity contribution in [3.8, 4) is 10.6 Å². The molecule has 1 saturated heterocycles. The number of aromatic nitrogens is 4. The molecule has 0 aromatic carbocycles. The fraction of sp³-hybridized carbons (Fsp3) is 0.500. The average molecular weight is 465 g/mol. The molecule has 4 N–H and O–H groups in total. The van der Waals surface area contributed by atoms with Crippen molar-refractivity contribution in [1.29, 1.82) is 0 Å². The molecule has 5 rings (SSSR count). The minimum Gasteiger partial charge on any atom is -0.370 e. The van der Waals surface area contributed by atoms with Gasteiger partial charge in [-0.3, -0.25) is 0 Å². The Morgan fingerprint density at radius 3 is 2.58 bits per heavy atom. The third-order valence-electron chi connectivity index (χ3n) is 6.51. The highest BCUT2D eigenvalue weighted by atomic mass is 32.1. The molecule has 0 bridgehead atoms. The van der Waals surface area contributed by atoms with Crippen LogP contribution in [-0.2, 0) is 0 Å².